The minimum atomic E-state index is -4.64. The second-order valence-corrected chi connectivity index (χ2v) is 3.03. The molecule has 7 nitrogen and oxygen atoms in total. The van der Waals surface area contributed by atoms with E-state index < -0.39 is 14.0 Å². The van der Waals surface area contributed by atoms with Gasteiger partial charge in [0.05, 0.1) is 0 Å². The fraction of sp³-hybridized carbons (Fsp3) is 0.750. The topological polar surface area (TPSA) is 113 Å². The molecule has 12 heavy (non-hydrogen) atoms. The first-order valence-corrected chi connectivity index (χ1v) is 4.47. The lowest BCUT2D eigenvalue weighted by atomic mass is 10.5. The van der Waals surface area contributed by atoms with Crippen molar-refractivity contribution in [1.29, 1.82) is 0 Å². The van der Waals surface area contributed by atoms with Gasteiger partial charge in [0, 0.05) is 0 Å². The summed E-state index contributed by atoms with van der Waals surface area (Å²) in [7, 11) is -4.64. The van der Waals surface area contributed by atoms with E-state index in [1.54, 1.807) is 6.92 Å². The summed E-state index contributed by atoms with van der Waals surface area (Å²) in [6.45, 7) is 2.18. The van der Waals surface area contributed by atoms with Crippen molar-refractivity contribution in [3.05, 3.63) is 0 Å². The van der Waals surface area contributed by atoms with Gasteiger partial charge in [-0.05, 0) is 6.92 Å². The largest absolute Gasteiger partial charge is 0.508 e. The normalized spacial score (nSPS) is 22.0. The molecule has 1 atom stereocenters. The molecule has 1 heterocycles. The van der Waals surface area contributed by atoms with Crippen molar-refractivity contribution >= 4 is 14.0 Å². The quantitative estimate of drug-likeness (QED) is 0.360. The molecule has 1 saturated heterocycles. The summed E-state index contributed by atoms with van der Waals surface area (Å²) in [6, 6.07) is 0. The van der Waals surface area contributed by atoms with Gasteiger partial charge in [0.25, 0.3) is 0 Å². The van der Waals surface area contributed by atoms with Crippen LogP contribution in [0.25, 0.3) is 0 Å². The monoisotopic (exact) mass is 200 g/mol. The van der Waals surface area contributed by atoms with Crippen LogP contribution in [0.3, 0.4) is 0 Å². The minimum absolute atomic E-state index is 0.0486. The second kappa shape index (κ2) is 4.42. The maximum Gasteiger partial charge on any atom is 0.508 e. The fourth-order valence-corrected chi connectivity index (χ4v) is 0.418. The van der Waals surface area contributed by atoms with Crippen LogP contribution >= 0.6 is 7.82 Å². The van der Waals surface area contributed by atoms with Crippen molar-refractivity contribution in [2.45, 2.75) is 13.0 Å². The zero-order chi connectivity index (χ0) is 9.78. The molecule has 0 aromatic rings. The summed E-state index contributed by atoms with van der Waals surface area (Å²) in [5.41, 5.74) is 0. The SMILES string of the molecule is CC1COC(=O)O1.O=P(O)(O)O. The van der Waals surface area contributed by atoms with Crippen LogP contribution in [-0.4, -0.2) is 33.5 Å². The maximum absolute atomic E-state index is 10.0. The van der Waals surface area contributed by atoms with Crippen LogP contribution in [0, 0.1) is 0 Å². The molecule has 72 valence electrons. The van der Waals surface area contributed by atoms with E-state index in [0.717, 1.165) is 0 Å². The van der Waals surface area contributed by atoms with Gasteiger partial charge < -0.3 is 24.2 Å². The Kier molecular flexibility index (Phi) is 4.19. The predicted octanol–water partition coefficient (Wildman–Crippen LogP) is -0.387. The Morgan fingerprint density at radius 2 is 1.92 bits per heavy atom. The van der Waals surface area contributed by atoms with Gasteiger partial charge in [-0.15, -0.1) is 0 Å². The molecule has 1 aliphatic rings. The highest BCUT2D eigenvalue weighted by Crippen LogP contribution is 2.25. The van der Waals surface area contributed by atoms with Gasteiger partial charge in [0.2, 0.25) is 0 Å². The first-order chi connectivity index (χ1) is 5.29. The highest BCUT2D eigenvalue weighted by Gasteiger charge is 2.19. The summed E-state index contributed by atoms with van der Waals surface area (Å²) in [6.07, 6.45) is -0.597. The number of cyclic esters (lactones) is 2. The molecular weight excluding hydrogens is 191 g/mol. The molecule has 0 aromatic carbocycles. The Balaban J connectivity index is 0.000000217. The van der Waals surface area contributed by atoms with E-state index in [0.29, 0.717) is 6.61 Å². The summed E-state index contributed by atoms with van der Waals surface area (Å²) in [4.78, 5) is 31.6. The molecule has 8 heteroatoms. The van der Waals surface area contributed by atoms with E-state index in [4.69, 9.17) is 19.2 Å². The van der Waals surface area contributed by atoms with Crippen LogP contribution in [-0.2, 0) is 14.0 Å². The molecule has 1 aliphatic heterocycles. The summed E-state index contributed by atoms with van der Waals surface area (Å²) >= 11 is 0. The van der Waals surface area contributed by atoms with Crippen molar-refractivity contribution in [2.24, 2.45) is 0 Å². The summed E-state index contributed by atoms with van der Waals surface area (Å²) in [5, 5.41) is 0. The van der Waals surface area contributed by atoms with Gasteiger partial charge in [-0.2, -0.15) is 0 Å². The molecular formula is C4H9O7P. The lowest BCUT2D eigenvalue weighted by Gasteiger charge is -1.90. The molecule has 0 amide bonds. The second-order valence-electron chi connectivity index (χ2n) is 2.00. The van der Waals surface area contributed by atoms with E-state index >= 15 is 0 Å². The molecule has 0 radical (unpaired) electrons. The van der Waals surface area contributed by atoms with E-state index in [-0.39, 0.29) is 6.10 Å². The third-order valence-corrected chi connectivity index (χ3v) is 0.733. The van der Waals surface area contributed by atoms with Crippen molar-refractivity contribution in [1.82, 2.24) is 0 Å². The number of hydrogen-bond donors (Lipinski definition) is 3. The van der Waals surface area contributed by atoms with Gasteiger partial charge in [0.1, 0.15) is 12.7 Å². The molecule has 0 spiro atoms. The highest BCUT2D eigenvalue weighted by atomic mass is 31.2. The molecule has 0 aliphatic carbocycles. The standard InChI is InChI=1S/C4H6O3.H3O4P/c1-3-2-6-4(5)7-3;1-5(2,3)4/h3H,2H2,1H3;(H3,1,2,3,4). The third kappa shape index (κ3) is 9.38. The Bertz CT molecular complexity index is 187. The molecule has 1 fully saturated rings. The zero-order valence-corrected chi connectivity index (χ0v) is 7.10. The number of carbonyl (C=O) groups is 1. The number of phosphoric acid groups is 1. The van der Waals surface area contributed by atoms with Crippen LogP contribution in [0.1, 0.15) is 6.92 Å². The van der Waals surface area contributed by atoms with Crippen LogP contribution in [0.2, 0.25) is 0 Å². The van der Waals surface area contributed by atoms with Crippen LogP contribution < -0.4 is 0 Å². The Hall–Kier alpha value is -0.620. The Labute approximate surface area is 68.2 Å². The van der Waals surface area contributed by atoms with Gasteiger partial charge in [-0.3, -0.25) is 0 Å². The number of carbonyl (C=O) groups excluding carboxylic acids is 1. The van der Waals surface area contributed by atoms with Crippen molar-refractivity contribution < 1.29 is 33.5 Å². The zero-order valence-electron chi connectivity index (χ0n) is 6.21. The molecule has 0 bridgehead atoms. The third-order valence-electron chi connectivity index (χ3n) is 0.733. The molecule has 1 unspecified atom stereocenters. The van der Waals surface area contributed by atoms with E-state index in [1.165, 1.54) is 0 Å². The van der Waals surface area contributed by atoms with E-state index in [2.05, 4.69) is 9.47 Å². The fourth-order valence-electron chi connectivity index (χ4n) is 0.418. The van der Waals surface area contributed by atoms with Gasteiger partial charge >= 0.3 is 14.0 Å². The molecule has 3 N–H and O–H groups in total. The van der Waals surface area contributed by atoms with E-state index in [1.807, 2.05) is 0 Å². The first-order valence-electron chi connectivity index (χ1n) is 2.90. The average Bonchev–Trinajstić information content (AvgIpc) is 2.09. The first kappa shape index (κ1) is 11.4. The van der Waals surface area contributed by atoms with Crippen molar-refractivity contribution in [2.75, 3.05) is 6.61 Å². The Morgan fingerprint density at radius 3 is 2.00 bits per heavy atom. The van der Waals surface area contributed by atoms with Gasteiger partial charge in [0.15, 0.2) is 0 Å². The number of ether oxygens (including phenoxy) is 2. The average molecular weight is 200 g/mol. The highest BCUT2D eigenvalue weighted by molar-refractivity contribution is 7.45. The lowest BCUT2D eigenvalue weighted by Crippen LogP contribution is -2.01. The smallest absolute Gasteiger partial charge is 0.430 e. The van der Waals surface area contributed by atoms with Crippen LogP contribution in [0.5, 0.6) is 0 Å². The summed E-state index contributed by atoms with van der Waals surface area (Å²) < 4.78 is 17.8. The minimum Gasteiger partial charge on any atom is -0.430 e. The molecule has 1 rings (SSSR count). The number of rotatable bonds is 0. The lowest BCUT2D eigenvalue weighted by molar-refractivity contribution is 0.121. The van der Waals surface area contributed by atoms with Gasteiger partial charge in [-0.1, -0.05) is 0 Å². The van der Waals surface area contributed by atoms with Crippen molar-refractivity contribution in [3.8, 4) is 0 Å². The predicted molar refractivity (Wildman–Crippen MR) is 36.2 cm³/mol. The molecule has 0 aromatic heterocycles. The van der Waals surface area contributed by atoms with Crippen molar-refractivity contribution in [3.63, 3.8) is 0 Å². The van der Waals surface area contributed by atoms with Gasteiger partial charge in [-0.25, -0.2) is 9.36 Å². The maximum atomic E-state index is 10.0. The van der Waals surface area contributed by atoms with E-state index in [9.17, 15) is 4.79 Å². The summed E-state index contributed by atoms with van der Waals surface area (Å²) in [5.74, 6) is 0. The number of hydrogen-bond acceptors (Lipinski definition) is 4. The molecule has 0 saturated carbocycles. The Morgan fingerprint density at radius 1 is 1.50 bits per heavy atom. The van der Waals surface area contributed by atoms with Crippen LogP contribution in [0.4, 0.5) is 4.79 Å². The van der Waals surface area contributed by atoms with Crippen LogP contribution in [0.15, 0.2) is 0 Å².